The summed E-state index contributed by atoms with van der Waals surface area (Å²) < 4.78 is 26.6. The third kappa shape index (κ3) is 3.81. The van der Waals surface area contributed by atoms with Gasteiger partial charge in [-0.15, -0.1) is 0 Å². The predicted octanol–water partition coefficient (Wildman–Crippen LogP) is 4.58. The largest absolute Gasteiger partial charge is 0.507 e. The second-order valence-electron chi connectivity index (χ2n) is 6.76. The van der Waals surface area contributed by atoms with Gasteiger partial charge >= 0.3 is 0 Å². The average molecular weight is 385 g/mol. The van der Waals surface area contributed by atoms with Crippen LogP contribution in [0.25, 0.3) is 5.76 Å². The van der Waals surface area contributed by atoms with Crippen LogP contribution in [0.4, 0.5) is 8.78 Å². The van der Waals surface area contributed by atoms with E-state index >= 15 is 0 Å². The number of Topliss-reactive ketones (excluding diaryl/α,β-unsaturated/α-hetero) is 1. The van der Waals surface area contributed by atoms with E-state index in [4.69, 9.17) is 0 Å². The van der Waals surface area contributed by atoms with Crippen LogP contribution in [-0.4, -0.2) is 28.2 Å². The molecular formula is C22H21F2NO3. The topological polar surface area (TPSA) is 57.6 Å². The van der Waals surface area contributed by atoms with Crippen LogP contribution in [0, 0.1) is 11.6 Å². The van der Waals surface area contributed by atoms with Gasteiger partial charge in [0.1, 0.15) is 17.4 Å². The van der Waals surface area contributed by atoms with Crippen molar-refractivity contribution in [2.45, 2.75) is 32.2 Å². The number of rotatable bonds is 6. The highest BCUT2D eigenvalue weighted by Crippen LogP contribution is 2.39. The number of aliphatic hydroxyl groups excluding tert-OH is 1. The fourth-order valence-corrected chi connectivity index (χ4v) is 3.40. The van der Waals surface area contributed by atoms with Crippen LogP contribution in [0.5, 0.6) is 0 Å². The lowest BCUT2D eigenvalue weighted by Crippen LogP contribution is -2.30. The molecule has 3 rings (SSSR count). The quantitative estimate of drug-likeness (QED) is 0.343. The molecule has 0 bridgehead atoms. The van der Waals surface area contributed by atoms with Gasteiger partial charge in [0.15, 0.2) is 0 Å². The first-order chi connectivity index (χ1) is 13.4. The third-order valence-corrected chi connectivity index (χ3v) is 4.85. The zero-order valence-electron chi connectivity index (χ0n) is 15.5. The van der Waals surface area contributed by atoms with Crippen LogP contribution in [0.15, 0.2) is 54.1 Å². The summed E-state index contributed by atoms with van der Waals surface area (Å²) in [7, 11) is 0. The molecular weight excluding hydrogens is 364 g/mol. The van der Waals surface area contributed by atoms with Gasteiger partial charge in [0, 0.05) is 12.1 Å². The lowest BCUT2D eigenvalue weighted by molar-refractivity contribution is -0.139. The molecule has 0 radical (unpaired) electrons. The zero-order chi connectivity index (χ0) is 20.3. The second-order valence-corrected chi connectivity index (χ2v) is 6.76. The van der Waals surface area contributed by atoms with Crippen LogP contribution in [0.1, 0.15) is 43.4 Å². The minimum atomic E-state index is -0.817. The zero-order valence-corrected chi connectivity index (χ0v) is 15.5. The van der Waals surface area contributed by atoms with Gasteiger partial charge in [0.05, 0.1) is 11.6 Å². The van der Waals surface area contributed by atoms with E-state index in [-0.39, 0.29) is 16.9 Å². The van der Waals surface area contributed by atoms with Crippen molar-refractivity contribution < 1.29 is 23.5 Å². The standard InChI is InChI=1S/C22H21F2NO3/c1-2-3-4-13-25-19(14-5-9-16(23)10-6-14)18(21(27)22(25)28)20(26)15-7-11-17(24)12-8-15/h5-12,19,26H,2-4,13H2,1H3/b20-18-. The molecule has 1 unspecified atom stereocenters. The fourth-order valence-electron chi connectivity index (χ4n) is 3.40. The van der Waals surface area contributed by atoms with E-state index in [0.717, 1.165) is 12.8 Å². The second kappa shape index (κ2) is 8.33. The Bertz CT molecular complexity index is 904. The number of ketones is 1. The van der Waals surface area contributed by atoms with Crippen molar-refractivity contribution in [2.24, 2.45) is 0 Å². The smallest absolute Gasteiger partial charge is 0.295 e. The summed E-state index contributed by atoms with van der Waals surface area (Å²) in [6.45, 7) is 2.38. The van der Waals surface area contributed by atoms with Crippen LogP contribution >= 0.6 is 0 Å². The molecule has 1 heterocycles. The summed E-state index contributed by atoms with van der Waals surface area (Å²) in [5.41, 5.74) is 0.695. The minimum absolute atomic E-state index is 0.0697. The number of halogens is 2. The van der Waals surface area contributed by atoms with Gasteiger partial charge in [-0.2, -0.15) is 0 Å². The molecule has 1 N–H and O–H groups in total. The maximum absolute atomic E-state index is 13.4. The minimum Gasteiger partial charge on any atom is -0.507 e. The van der Waals surface area contributed by atoms with E-state index in [2.05, 4.69) is 0 Å². The number of benzene rings is 2. The molecule has 0 spiro atoms. The molecule has 6 heteroatoms. The molecule has 1 amide bonds. The first kappa shape index (κ1) is 19.7. The Morgan fingerprint density at radius 1 is 0.964 bits per heavy atom. The normalized spacial score (nSPS) is 18.7. The highest BCUT2D eigenvalue weighted by atomic mass is 19.1. The van der Waals surface area contributed by atoms with Crippen molar-refractivity contribution in [3.05, 3.63) is 76.9 Å². The van der Waals surface area contributed by atoms with Gasteiger partial charge in [0.2, 0.25) is 0 Å². The van der Waals surface area contributed by atoms with Crippen molar-refractivity contribution in [1.82, 2.24) is 4.90 Å². The van der Waals surface area contributed by atoms with Gasteiger partial charge in [-0.3, -0.25) is 9.59 Å². The Morgan fingerprint density at radius 2 is 1.54 bits per heavy atom. The number of carbonyl (C=O) groups excluding carboxylic acids is 2. The molecule has 1 atom stereocenters. The van der Waals surface area contributed by atoms with Gasteiger partial charge in [-0.05, 0) is 48.4 Å². The van der Waals surface area contributed by atoms with E-state index in [1.807, 2.05) is 6.92 Å². The maximum Gasteiger partial charge on any atom is 0.295 e. The summed E-state index contributed by atoms with van der Waals surface area (Å²) in [4.78, 5) is 26.8. The first-order valence-corrected chi connectivity index (χ1v) is 9.24. The van der Waals surface area contributed by atoms with Gasteiger partial charge in [-0.1, -0.05) is 31.9 Å². The number of carbonyl (C=O) groups is 2. The lowest BCUT2D eigenvalue weighted by Gasteiger charge is -2.25. The maximum atomic E-state index is 13.4. The molecule has 28 heavy (non-hydrogen) atoms. The lowest BCUT2D eigenvalue weighted by atomic mass is 9.95. The Balaban J connectivity index is 2.10. The molecule has 0 aromatic heterocycles. The monoisotopic (exact) mass is 385 g/mol. The number of amides is 1. The number of unbranched alkanes of at least 4 members (excludes halogenated alkanes) is 2. The molecule has 2 aromatic carbocycles. The van der Waals surface area contributed by atoms with E-state index in [1.165, 1.54) is 53.4 Å². The molecule has 4 nitrogen and oxygen atoms in total. The van der Waals surface area contributed by atoms with Crippen LogP contribution in [0.3, 0.4) is 0 Å². The third-order valence-electron chi connectivity index (χ3n) is 4.85. The number of hydrogen-bond acceptors (Lipinski definition) is 3. The summed E-state index contributed by atoms with van der Waals surface area (Å²) in [6, 6.07) is 9.70. The molecule has 146 valence electrons. The highest BCUT2D eigenvalue weighted by molar-refractivity contribution is 6.46. The van der Waals surface area contributed by atoms with Crippen LogP contribution < -0.4 is 0 Å². The number of aliphatic hydroxyl groups is 1. The first-order valence-electron chi connectivity index (χ1n) is 9.24. The van der Waals surface area contributed by atoms with E-state index in [1.54, 1.807) is 0 Å². The molecule has 1 aliphatic heterocycles. The van der Waals surface area contributed by atoms with E-state index < -0.39 is 29.4 Å². The van der Waals surface area contributed by atoms with Crippen LogP contribution in [0.2, 0.25) is 0 Å². The number of hydrogen-bond donors (Lipinski definition) is 1. The van der Waals surface area contributed by atoms with Crippen molar-refractivity contribution in [2.75, 3.05) is 6.54 Å². The summed E-state index contributed by atoms with van der Waals surface area (Å²) in [5, 5.41) is 10.8. The average Bonchev–Trinajstić information content (AvgIpc) is 2.94. The van der Waals surface area contributed by atoms with Crippen LogP contribution in [-0.2, 0) is 9.59 Å². The van der Waals surface area contributed by atoms with E-state index in [9.17, 15) is 23.5 Å². The van der Waals surface area contributed by atoms with Gasteiger partial charge in [-0.25, -0.2) is 8.78 Å². The molecule has 2 aromatic rings. The Labute approximate surface area is 162 Å². The van der Waals surface area contributed by atoms with Gasteiger partial charge < -0.3 is 10.0 Å². The number of nitrogens with zero attached hydrogens (tertiary/aromatic N) is 1. The SMILES string of the molecule is CCCCCN1C(=O)C(=O)/C(=C(\O)c2ccc(F)cc2)C1c1ccc(F)cc1. The van der Waals surface area contributed by atoms with E-state index in [0.29, 0.717) is 18.5 Å². The molecule has 1 aliphatic rings. The highest BCUT2D eigenvalue weighted by Gasteiger charge is 2.45. The molecule has 1 fully saturated rings. The summed E-state index contributed by atoms with van der Waals surface area (Å²) in [5.74, 6) is -2.79. The summed E-state index contributed by atoms with van der Waals surface area (Å²) in [6.07, 6.45) is 2.54. The summed E-state index contributed by atoms with van der Waals surface area (Å²) >= 11 is 0. The fraction of sp³-hybridized carbons (Fsp3) is 0.273. The molecule has 0 aliphatic carbocycles. The van der Waals surface area contributed by atoms with Crippen molar-refractivity contribution in [3.8, 4) is 0 Å². The number of likely N-dealkylation sites (tertiary alicyclic amines) is 1. The van der Waals surface area contributed by atoms with Gasteiger partial charge in [0.25, 0.3) is 11.7 Å². The Morgan fingerprint density at radius 3 is 2.11 bits per heavy atom. The van der Waals surface area contributed by atoms with Crippen molar-refractivity contribution in [1.29, 1.82) is 0 Å². The predicted molar refractivity (Wildman–Crippen MR) is 101 cm³/mol. The molecule has 1 saturated heterocycles. The van der Waals surface area contributed by atoms with Crippen molar-refractivity contribution >= 4 is 17.4 Å². The Kier molecular flexibility index (Phi) is 5.87. The Hall–Kier alpha value is -3.02. The molecule has 0 saturated carbocycles. The van der Waals surface area contributed by atoms with Crippen molar-refractivity contribution in [3.63, 3.8) is 0 Å².